The van der Waals surface area contributed by atoms with Gasteiger partial charge in [0, 0.05) is 44.9 Å². The van der Waals surface area contributed by atoms with E-state index in [2.05, 4.69) is 10.6 Å². The van der Waals surface area contributed by atoms with E-state index < -0.39 is 0 Å². The lowest BCUT2D eigenvalue weighted by molar-refractivity contribution is -0.128. The average Bonchev–Trinajstić information content (AvgIpc) is 2.75. The molecule has 1 aromatic carbocycles. The number of benzene rings is 1. The van der Waals surface area contributed by atoms with Gasteiger partial charge in [0.05, 0.1) is 13.2 Å². The minimum Gasteiger partial charge on any atom is -0.496 e. The summed E-state index contributed by atoms with van der Waals surface area (Å²) in [6.07, 6.45) is 5.62. The van der Waals surface area contributed by atoms with Gasteiger partial charge in [-0.2, -0.15) is 0 Å². The molecule has 1 saturated heterocycles. The van der Waals surface area contributed by atoms with E-state index in [-0.39, 0.29) is 17.9 Å². The van der Waals surface area contributed by atoms with Gasteiger partial charge in [-0.1, -0.05) is 18.2 Å². The quantitative estimate of drug-likeness (QED) is 0.713. The number of amides is 1. The summed E-state index contributed by atoms with van der Waals surface area (Å²) in [5.41, 5.74) is 1.12. The molecule has 28 heavy (non-hydrogen) atoms. The minimum absolute atomic E-state index is 0.0235. The molecule has 2 fully saturated rings. The standard InChI is InChI=1S/C22H34N2O4/c1-26-20-6-4-3-5-16(20)9-12-23-22(25)17-7-8-19(21(15-17)27-2)24-18-10-13-28-14-11-18/h3-6,17-19,21,24H,7-15H2,1-2H3,(H,23,25)/t17-,19-,21-/m0/s1. The number of carbonyl (C=O) groups excluding carboxylic acids is 1. The van der Waals surface area contributed by atoms with Crippen LogP contribution < -0.4 is 15.4 Å². The third-order valence-electron chi connectivity index (χ3n) is 6.02. The maximum Gasteiger partial charge on any atom is 0.223 e. The van der Waals surface area contributed by atoms with Gasteiger partial charge in [0.2, 0.25) is 5.91 Å². The average molecular weight is 391 g/mol. The van der Waals surface area contributed by atoms with E-state index in [0.29, 0.717) is 18.6 Å². The van der Waals surface area contributed by atoms with E-state index in [1.165, 1.54) is 0 Å². The van der Waals surface area contributed by atoms with Crippen molar-refractivity contribution in [1.29, 1.82) is 0 Å². The number of rotatable bonds is 8. The molecular weight excluding hydrogens is 356 g/mol. The minimum atomic E-state index is 0.0235. The largest absolute Gasteiger partial charge is 0.496 e. The molecule has 1 aliphatic heterocycles. The van der Waals surface area contributed by atoms with E-state index in [0.717, 1.165) is 63.1 Å². The molecule has 156 valence electrons. The van der Waals surface area contributed by atoms with Gasteiger partial charge >= 0.3 is 0 Å². The normalized spacial score (nSPS) is 26.0. The van der Waals surface area contributed by atoms with E-state index in [1.54, 1.807) is 14.2 Å². The Kier molecular flexibility index (Phi) is 8.13. The molecule has 1 heterocycles. The van der Waals surface area contributed by atoms with E-state index in [9.17, 15) is 4.79 Å². The van der Waals surface area contributed by atoms with Gasteiger partial charge in [-0.05, 0) is 50.2 Å². The Bertz CT molecular complexity index is 618. The molecule has 0 radical (unpaired) electrons. The lowest BCUT2D eigenvalue weighted by Crippen LogP contribution is -2.52. The summed E-state index contributed by atoms with van der Waals surface area (Å²) in [6, 6.07) is 8.77. The smallest absolute Gasteiger partial charge is 0.223 e. The molecule has 2 aliphatic rings. The molecule has 0 spiro atoms. The van der Waals surface area contributed by atoms with Crippen molar-refractivity contribution in [2.45, 2.75) is 56.7 Å². The predicted molar refractivity (Wildman–Crippen MR) is 109 cm³/mol. The molecular formula is C22H34N2O4. The van der Waals surface area contributed by atoms with Crippen molar-refractivity contribution in [3.8, 4) is 5.75 Å². The monoisotopic (exact) mass is 390 g/mol. The van der Waals surface area contributed by atoms with Crippen molar-refractivity contribution in [3.63, 3.8) is 0 Å². The third-order valence-corrected chi connectivity index (χ3v) is 6.02. The SMILES string of the molecule is COc1ccccc1CCNC(=O)[C@H]1CC[C@H](NC2CCOCC2)[C@@H](OC)C1. The molecule has 3 atom stereocenters. The van der Waals surface area contributed by atoms with Crippen LogP contribution >= 0.6 is 0 Å². The number of methoxy groups -OCH3 is 2. The molecule has 6 nitrogen and oxygen atoms in total. The number of carbonyl (C=O) groups is 1. The van der Waals surface area contributed by atoms with E-state index in [1.807, 2.05) is 24.3 Å². The second-order valence-corrected chi connectivity index (χ2v) is 7.80. The highest BCUT2D eigenvalue weighted by molar-refractivity contribution is 5.78. The van der Waals surface area contributed by atoms with Gasteiger partial charge in [-0.25, -0.2) is 0 Å². The lowest BCUT2D eigenvalue weighted by Gasteiger charge is -2.38. The van der Waals surface area contributed by atoms with Crippen LogP contribution in [0.25, 0.3) is 0 Å². The first-order valence-corrected chi connectivity index (χ1v) is 10.5. The molecule has 1 saturated carbocycles. The Balaban J connectivity index is 1.44. The first kappa shape index (κ1) is 21.1. The maximum atomic E-state index is 12.7. The zero-order chi connectivity index (χ0) is 19.8. The Labute approximate surface area is 168 Å². The summed E-state index contributed by atoms with van der Waals surface area (Å²) in [5.74, 6) is 1.03. The van der Waals surface area contributed by atoms with Crippen LogP contribution in [-0.2, 0) is 20.7 Å². The van der Waals surface area contributed by atoms with Gasteiger partial charge < -0.3 is 24.8 Å². The van der Waals surface area contributed by atoms with Crippen molar-refractivity contribution in [2.24, 2.45) is 5.92 Å². The molecule has 0 aromatic heterocycles. The summed E-state index contributed by atoms with van der Waals surface area (Å²) >= 11 is 0. The summed E-state index contributed by atoms with van der Waals surface area (Å²) in [4.78, 5) is 12.7. The Morgan fingerprint density at radius 3 is 2.68 bits per heavy atom. The first-order valence-electron chi connectivity index (χ1n) is 10.5. The van der Waals surface area contributed by atoms with Crippen LogP contribution in [0.3, 0.4) is 0 Å². The zero-order valence-electron chi connectivity index (χ0n) is 17.1. The van der Waals surface area contributed by atoms with Crippen molar-refractivity contribution < 1.29 is 19.0 Å². The van der Waals surface area contributed by atoms with Crippen LogP contribution in [0.15, 0.2) is 24.3 Å². The van der Waals surface area contributed by atoms with Crippen molar-refractivity contribution in [3.05, 3.63) is 29.8 Å². The lowest BCUT2D eigenvalue weighted by atomic mass is 9.82. The second-order valence-electron chi connectivity index (χ2n) is 7.80. The first-order chi connectivity index (χ1) is 13.7. The van der Waals surface area contributed by atoms with Crippen molar-refractivity contribution in [1.82, 2.24) is 10.6 Å². The molecule has 1 aromatic rings. The van der Waals surface area contributed by atoms with Gasteiger partial charge in [0.15, 0.2) is 0 Å². The fourth-order valence-electron chi connectivity index (χ4n) is 4.36. The predicted octanol–water partition coefficient (Wildman–Crippen LogP) is 2.31. The highest BCUT2D eigenvalue weighted by Crippen LogP contribution is 2.28. The summed E-state index contributed by atoms with van der Waals surface area (Å²) < 4.78 is 16.6. The number of para-hydroxylation sites is 1. The highest BCUT2D eigenvalue weighted by atomic mass is 16.5. The van der Waals surface area contributed by atoms with Crippen LogP contribution in [-0.4, -0.2) is 58.1 Å². The maximum absolute atomic E-state index is 12.7. The highest BCUT2D eigenvalue weighted by Gasteiger charge is 2.35. The Morgan fingerprint density at radius 2 is 1.93 bits per heavy atom. The van der Waals surface area contributed by atoms with Crippen molar-refractivity contribution >= 4 is 5.91 Å². The van der Waals surface area contributed by atoms with Gasteiger partial charge in [0.25, 0.3) is 0 Å². The van der Waals surface area contributed by atoms with Gasteiger partial charge in [-0.3, -0.25) is 4.79 Å². The molecule has 1 aliphatic carbocycles. The van der Waals surface area contributed by atoms with Crippen LogP contribution in [0.4, 0.5) is 0 Å². The molecule has 1 amide bonds. The second kappa shape index (κ2) is 10.8. The fraction of sp³-hybridized carbons (Fsp3) is 0.682. The molecule has 6 heteroatoms. The fourth-order valence-corrected chi connectivity index (χ4v) is 4.36. The Morgan fingerprint density at radius 1 is 1.14 bits per heavy atom. The number of hydrogen-bond acceptors (Lipinski definition) is 5. The van der Waals surface area contributed by atoms with Crippen LogP contribution in [0.5, 0.6) is 5.75 Å². The van der Waals surface area contributed by atoms with E-state index in [4.69, 9.17) is 14.2 Å². The number of ether oxygens (including phenoxy) is 3. The zero-order valence-corrected chi connectivity index (χ0v) is 17.1. The van der Waals surface area contributed by atoms with Crippen LogP contribution in [0.1, 0.15) is 37.7 Å². The van der Waals surface area contributed by atoms with Crippen molar-refractivity contribution in [2.75, 3.05) is 34.0 Å². The summed E-state index contributed by atoms with van der Waals surface area (Å²) in [5, 5.41) is 6.85. The summed E-state index contributed by atoms with van der Waals surface area (Å²) in [7, 11) is 3.43. The number of nitrogens with one attached hydrogen (secondary N) is 2. The Hall–Kier alpha value is -1.63. The molecule has 0 bridgehead atoms. The summed E-state index contributed by atoms with van der Waals surface area (Å²) in [6.45, 7) is 2.29. The number of hydrogen-bond donors (Lipinski definition) is 2. The van der Waals surface area contributed by atoms with Crippen LogP contribution in [0, 0.1) is 5.92 Å². The van der Waals surface area contributed by atoms with Gasteiger partial charge in [-0.15, -0.1) is 0 Å². The van der Waals surface area contributed by atoms with E-state index >= 15 is 0 Å². The molecule has 3 rings (SSSR count). The van der Waals surface area contributed by atoms with Gasteiger partial charge in [0.1, 0.15) is 5.75 Å². The molecule has 2 N–H and O–H groups in total. The molecule has 0 unspecified atom stereocenters. The van der Waals surface area contributed by atoms with Crippen LogP contribution in [0.2, 0.25) is 0 Å². The topological polar surface area (TPSA) is 68.8 Å². The third kappa shape index (κ3) is 5.69.